The molecule has 59 heavy (non-hydrogen) atoms. The zero-order chi connectivity index (χ0) is 43.0. The minimum atomic E-state index is -0.291. The number of nitrogens with zero attached hydrogens (tertiary/aromatic N) is 6. The molecule has 0 spiro atoms. The second kappa shape index (κ2) is 19.8. The molecule has 2 heterocycles. The van der Waals surface area contributed by atoms with Crippen molar-refractivity contribution in [3.05, 3.63) is 70.3 Å². The van der Waals surface area contributed by atoms with Crippen LogP contribution in [0, 0.1) is 11.2 Å². The van der Waals surface area contributed by atoms with Crippen molar-refractivity contribution in [2.75, 3.05) is 45.2 Å². The van der Waals surface area contributed by atoms with Crippen molar-refractivity contribution < 1.29 is 19.0 Å². The topological polar surface area (TPSA) is 130 Å². The molecule has 1 aliphatic heterocycles. The number of nitrogens with two attached hydrogens (primary N) is 1. The number of rotatable bonds is 16. The molecule has 0 saturated heterocycles. The van der Waals surface area contributed by atoms with Crippen LogP contribution in [0.15, 0.2) is 52.1 Å². The van der Waals surface area contributed by atoms with Gasteiger partial charge in [-0.2, -0.15) is 9.97 Å². The number of carbonyl (C=O) groups is 1. The molecule has 0 radical (unpaired) electrons. The first-order valence-corrected chi connectivity index (χ1v) is 21.6. The van der Waals surface area contributed by atoms with Gasteiger partial charge in [-0.25, -0.2) is 4.39 Å². The number of likely N-dealkylation sites (N-methyl/N-ethyl adjacent to an activating group) is 1. The van der Waals surface area contributed by atoms with E-state index in [1.165, 1.54) is 17.4 Å². The molecule has 2 aromatic carbocycles. The van der Waals surface area contributed by atoms with E-state index in [4.69, 9.17) is 30.4 Å². The minimum Gasteiger partial charge on any atom is -0.508 e. The van der Waals surface area contributed by atoms with Gasteiger partial charge in [0.25, 0.3) is 5.91 Å². The zero-order valence-corrected chi connectivity index (χ0v) is 37.1. The normalized spacial score (nSPS) is 17.4. The molecule has 1 aromatic heterocycles. The van der Waals surface area contributed by atoms with Crippen LogP contribution in [0.2, 0.25) is 0 Å². The number of allylic oxidation sites excluding steroid dienone is 4. The third-order valence-corrected chi connectivity index (χ3v) is 11.4. The standard InChI is InChI=1S/C48H66FN7O3/c1-11-15-17-22-48(8,21-16-12-2)29-59-47-53-43-31(7)40(37-27-34(57)25-32-19-20-38(49)35(13-3)41(32)37)44(52-30(5)6)36(14-4)42(43)45(54-47)56-24-18-23-51-33(28-56)26-39(50)46(58)55(9)10/h14,19-20,25-27,30,57H,11-13,15-18,21-24,28-29,50H2,1-10H3/b36-14-,39-26-,52-44?. The molecule has 11 heteroatoms. The van der Waals surface area contributed by atoms with Gasteiger partial charge in [-0.15, -0.1) is 0 Å². The largest absolute Gasteiger partial charge is 0.508 e. The first-order valence-electron chi connectivity index (χ1n) is 21.6. The van der Waals surface area contributed by atoms with Gasteiger partial charge in [0.2, 0.25) is 0 Å². The minimum absolute atomic E-state index is 0.0585. The van der Waals surface area contributed by atoms with E-state index in [1.807, 2.05) is 40.7 Å². The number of ether oxygens (including phenoxy) is 1. The molecule has 2 aliphatic rings. The van der Waals surface area contributed by atoms with Crippen LogP contribution in [-0.4, -0.2) is 83.7 Å². The van der Waals surface area contributed by atoms with Crippen LogP contribution in [0.1, 0.15) is 129 Å². The Morgan fingerprint density at radius 2 is 1.85 bits per heavy atom. The number of aromatic nitrogens is 2. The maximum Gasteiger partial charge on any atom is 0.318 e. The number of phenols is 1. The quantitative estimate of drug-likeness (QED) is 0.109. The van der Waals surface area contributed by atoms with Gasteiger partial charge in [0.15, 0.2) is 0 Å². The lowest BCUT2D eigenvalue weighted by Crippen LogP contribution is -2.34. The Labute approximate surface area is 351 Å². The van der Waals surface area contributed by atoms with Crippen LogP contribution in [0.5, 0.6) is 11.8 Å². The smallest absolute Gasteiger partial charge is 0.318 e. The number of amides is 1. The average Bonchev–Trinajstić information content (AvgIpc) is 3.44. The van der Waals surface area contributed by atoms with Crippen molar-refractivity contribution in [3.63, 3.8) is 0 Å². The number of halogens is 1. The first kappa shape index (κ1) is 45.0. The van der Waals surface area contributed by atoms with Gasteiger partial charge >= 0.3 is 6.01 Å². The monoisotopic (exact) mass is 808 g/mol. The van der Waals surface area contributed by atoms with E-state index in [2.05, 4.69) is 25.7 Å². The number of hydrogen-bond donors (Lipinski definition) is 2. The van der Waals surface area contributed by atoms with E-state index in [9.17, 15) is 9.90 Å². The van der Waals surface area contributed by atoms with Gasteiger partial charge in [0, 0.05) is 49.8 Å². The molecule has 3 N–H and O–H groups in total. The summed E-state index contributed by atoms with van der Waals surface area (Å²) in [5, 5.41) is 12.7. The lowest BCUT2D eigenvalue weighted by molar-refractivity contribution is -0.124. The fourth-order valence-electron chi connectivity index (χ4n) is 8.33. The molecule has 0 bridgehead atoms. The number of unbranched alkanes of at least 4 members (excludes halogenated alkanes) is 3. The Bertz CT molecular complexity index is 2180. The Morgan fingerprint density at radius 1 is 1.12 bits per heavy atom. The molecule has 3 aromatic rings. The SMILES string of the molecule is C/C=C1\C(=NC(C)C)C(c2cc(O)cc3ccc(F)c(CC)c23)=C(C)c2nc(OCC(C)(CCCC)CCCCC)nc(N3CCCN=C(/C=C(\N)C(=O)N(C)C)C3)c21. The predicted molar refractivity (Wildman–Crippen MR) is 243 cm³/mol. The van der Waals surface area contributed by atoms with Crippen LogP contribution in [0.25, 0.3) is 27.5 Å². The Kier molecular flexibility index (Phi) is 15.1. The number of carbonyl (C=O) groups excluding carboxylic acids is 1. The van der Waals surface area contributed by atoms with Crippen LogP contribution < -0.4 is 15.4 Å². The van der Waals surface area contributed by atoms with E-state index >= 15 is 4.39 Å². The van der Waals surface area contributed by atoms with Crippen molar-refractivity contribution in [1.82, 2.24) is 14.9 Å². The van der Waals surface area contributed by atoms with Crippen molar-refractivity contribution in [1.29, 1.82) is 0 Å². The van der Waals surface area contributed by atoms with E-state index in [1.54, 1.807) is 38.4 Å². The average molecular weight is 808 g/mol. The third kappa shape index (κ3) is 10.2. The molecular formula is C48H66FN7O3. The Morgan fingerprint density at radius 3 is 2.51 bits per heavy atom. The molecule has 1 amide bonds. The van der Waals surface area contributed by atoms with Crippen LogP contribution >= 0.6 is 0 Å². The molecule has 1 atom stereocenters. The number of aromatic hydroxyl groups is 1. The second-order valence-corrected chi connectivity index (χ2v) is 16.9. The van der Waals surface area contributed by atoms with Crippen LogP contribution in [-0.2, 0) is 11.2 Å². The highest BCUT2D eigenvalue weighted by atomic mass is 19.1. The van der Waals surface area contributed by atoms with Crippen molar-refractivity contribution in [3.8, 4) is 11.8 Å². The second-order valence-electron chi connectivity index (χ2n) is 16.9. The van der Waals surface area contributed by atoms with Gasteiger partial charge in [-0.1, -0.05) is 71.9 Å². The number of anilines is 1. The van der Waals surface area contributed by atoms with Crippen molar-refractivity contribution in [2.45, 2.75) is 119 Å². The summed E-state index contributed by atoms with van der Waals surface area (Å²) < 4.78 is 22.4. The number of phenolic OH excluding ortho intramolecular Hbond substituents is 1. The molecule has 0 saturated carbocycles. The van der Waals surface area contributed by atoms with E-state index < -0.39 is 0 Å². The lowest BCUT2D eigenvalue weighted by atomic mass is 9.78. The van der Waals surface area contributed by atoms with Crippen LogP contribution in [0.4, 0.5) is 10.2 Å². The number of hydrogen-bond acceptors (Lipinski definition) is 9. The summed E-state index contributed by atoms with van der Waals surface area (Å²) in [4.78, 5) is 37.1. The number of aryl methyl sites for hydroxylation is 1. The number of aliphatic imine (C=N–C) groups is 2. The van der Waals surface area contributed by atoms with Crippen molar-refractivity contribution in [2.24, 2.45) is 21.1 Å². The highest BCUT2D eigenvalue weighted by Crippen LogP contribution is 2.47. The molecule has 1 unspecified atom stereocenters. The summed E-state index contributed by atoms with van der Waals surface area (Å²) in [7, 11) is 3.35. The third-order valence-electron chi connectivity index (χ3n) is 11.4. The summed E-state index contributed by atoms with van der Waals surface area (Å²) in [6.07, 6.45) is 12.7. The van der Waals surface area contributed by atoms with Gasteiger partial charge < -0.3 is 25.4 Å². The first-order chi connectivity index (χ1) is 28.2. The number of benzene rings is 2. The molecule has 318 valence electrons. The summed E-state index contributed by atoms with van der Waals surface area (Å²) in [5.74, 6) is 0.182. The zero-order valence-electron chi connectivity index (χ0n) is 37.1. The summed E-state index contributed by atoms with van der Waals surface area (Å²) >= 11 is 0. The van der Waals surface area contributed by atoms with E-state index in [0.29, 0.717) is 61.0 Å². The Hall–Kier alpha value is -5.06. The van der Waals surface area contributed by atoms with E-state index in [0.717, 1.165) is 83.7 Å². The molecule has 5 rings (SSSR count). The molecule has 1 aliphatic carbocycles. The molecular weight excluding hydrogens is 742 g/mol. The molecule has 10 nitrogen and oxygen atoms in total. The van der Waals surface area contributed by atoms with Gasteiger partial charge in [-0.05, 0) is 105 Å². The highest BCUT2D eigenvalue weighted by molar-refractivity contribution is 6.51. The van der Waals surface area contributed by atoms with Gasteiger partial charge in [-0.3, -0.25) is 14.8 Å². The van der Waals surface area contributed by atoms with Crippen molar-refractivity contribution >= 4 is 50.6 Å². The molecule has 0 fully saturated rings. The number of fused-ring (bicyclic) bond motifs is 2. The van der Waals surface area contributed by atoms with Gasteiger partial charge in [0.05, 0.1) is 41.5 Å². The maximum absolute atomic E-state index is 15.6. The maximum atomic E-state index is 15.6. The summed E-state index contributed by atoms with van der Waals surface area (Å²) in [5.41, 5.74) is 12.9. The fourth-order valence-corrected chi connectivity index (χ4v) is 8.33. The van der Waals surface area contributed by atoms with Gasteiger partial charge in [0.1, 0.15) is 17.4 Å². The van der Waals surface area contributed by atoms with E-state index in [-0.39, 0.29) is 40.6 Å². The van der Waals surface area contributed by atoms with Crippen LogP contribution in [0.3, 0.4) is 0 Å². The summed E-state index contributed by atoms with van der Waals surface area (Å²) in [6.45, 7) is 18.8. The lowest BCUT2D eigenvalue weighted by Gasteiger charge is -2.33. The highest BCUT2D eigenvalue weighted by Gasteiger charge is 2.36. The predicted octanol–water partition coefficient (Wildman–Crippen LogP) is 9.97. The summed E-state index contributed by atoms with van der Waals surface area (Å²) in [6, 6.07) is 6.79. The Balaban J connectivity index is 1.81. The fraction of sp³-hybridized carbons (Fsp3) is 0.521.